The first kappa shape index (κ1) is 25.1. The van der Waals surface area contributed by atoms with Crippen molar-refractivity contribution in [3.8, 4) is 17.3 Å². The van der Waals surface area contributed by atoms with Gasteiger partial charge in [-0.15, -0.1) is 0 Å². The molecule has 0 atom stereocenters. The Morgan fingerprint density at radius 3 is 2.66 bits per heavy atom. The van der Waals surface area contributed by atoms with Crippen LogP contribution in [0.4, 0.5) is 5.95 Å². The van der Waals surface area contributed by atoms with Crippen LogP contribution in [0.3, 0.4) is 0 Å². The largest absolute Gasteiger partial charge is 0.378 e. The van der Waals surface area contributed by atoms with Crippen LogP contribution in [-0.2, 0) is 27.4 Å². The molecule has 0 bridgehead atoms. The maximum Gasteiger partial charge on any atom is 0.252 e. The molecule has 3 N–H and O–H groups in total. The first-order valence-electron chi connectivity index (χ1n) is 10.5. The Labute approximate surface area is 202 Å². The highest BCUT2D eigenvalue weighted by Gasteiger charge is 2.13. The molecule has 0 spiro atoms. The molecule has 2 heterocycles. The molecule has 0 aliphatic carbocycles. The summed E-state index contributed by atoms with van der Waals surface area (Å²) in [6.07, 6.45) is 1.48. The van der Waals surface area contributed by atoms with E-state index in [9.17, 15) is 10.1 Å². The SMILES string of the molecule is COCC(=O)Nc1nc(C(C=NCc2cccc(COC)n2)=NN)cc(-c2cccc(C#N)c2)n1. The molecule has 11 heteroatoms. The molecule has 0 saturated carbocycles. The Balaban J connectivity index is 1.92. The number of methoxy groups -OCH3 is 2. The Hall–Kier alpha value is -4.53. The number of ether oxygens (including phenoxy) is 2. The minimum absolute atomic E-state index is 0.0328. The standard InChI is InChI=1S/C24H24N8O3/c1-34-14-19-8-4-7-18(28-19)12-27-13-22(32-26)21-10-20(17-6-3-5-16(9-17)11-25)29-24(30-21)31-23(33)15-35-2/h3-10,13H,12,14-15,26H2,1-2H3,(H,29,30,31,33). The fourth-order valence-corrected chi connectivity index (χ4v) is 3.06. The lowest BCUT2D eigenvalue weighted by atomic mass is 10.1. The molecule has 2 aromatic heterocycles. The quantitative estimate of drug-likeness (QED) is 0.257. The maximum absolute atomic E-state index is 12.1. The number of benzene rings is 1. The van der Waals surface area contributed by atoms with Gasteiger partial charge in [0, 0.05) is 19.8 Å². The van der Waals surface area contributed by atoms with Crippen LogP contribution >= 0.6 is 0 Å². The minimum atomic E-state index is -0.428. The summed E-state index contributed by atoms with van der Waals surface area (Å²) >= 11 is 0. The van der Waals surface area contributed by atoms with Gasteiger partial charge in [0.15, 0.2) is 0 Å². The smallest absolute Gasteiger partial charge is 0.252 e. The van der Waals surface area contributed by atoms with E-state index in [0.717, 1.165) is 11.4 Å². The van der Waals surface area contributed by atoms with E-state index in [1.807, 2.05) is 18.2 Å². The number of nitriles is 1. The summed E-state index contributed by atoms with van der Waals surface area (Å²) < 4.78 is 9.97. The van der Waals surface area contributed by atoms with Crippen molar-refractivity contribution in [3.05, 3.63) is 71.2 Å². The van der Waals surface area contributed by atoms with Crippen LogP contribution in [-0.4, -0.2) is 53.6 Å². The van der Waals surface area contributed by atoms with E-state index in [-0.39, 0.29) is 24.8 Å². The minimum Gasteiger partial charge on any atom is -0.378 e. The van der Waals surface area contributed by atoms with Gasteiger partial charge < -0.3 is 15.3 Å². The van der Waals surface area contributed by atoms with E-state index in [2.05, 4.69) is 36.4 Å². The summed E-state index contributed by atoms with van der Waals surface area (Å²) in [5, 5.41) is 15.6. The number of aromatic nitrogens is 3. The topological polar surface area (TPSA) is 161 Å². The highest BCUT2D eigenvalue weighted by atomic mass is 16.5. The zero-order valence-corrected chi connectivity index (χ0v) is 19.3. The third-order valence-corrected chi connectivity index (χ3v) is 4.57. The molecule has 1 amide bonds. The van der Waals surface area contributed by atoms with Gasteiger partial charge in [-0.3, -0.25) is 20.1 Å². The molecule has 3 rings (SSSR count). The van der Waals surface area contributed by atoms with Crippen molar-refractivity contribution in [2.45, 2.75) is 13.2 Å². The van der Waals surface area contributed by atoms with Crippen molar-refractivity contribution in [2.75, 3.05) is 26.1 Å². The van der Waals surface area contributed by atoms with Gasteiger partial charge in [0.1, 0.15) is 12.3 Å². The molecular weight excluding hydrogens is 448 g/mol. The molecule has 1 aromatic carbocycles. The molecule has 0 saturated heterocycles. The van der Waals surface area contributed by atoms with E-state index in [1.54, 1.807) is 37.4 Å². The van der Waals surface area contributed by atoms with Crippen LogP contribution in [0.25, 0.3) is 11.3 Å². The molecule has 0 unspecified atom stereocenters. The Morgan fingerprint density at radius 1 is 1.11 bits per heavy atom. The maximum atomic E-state index is 12.1. The van der Waals surface area contributed by atoms with E-state index in [4.69, 9.17) is 15.3 Å². The molecule has 0 fully saturated rings. The Morgan fingerprint density at radius 2 is 1.91 bits per heavy atom. The summed E-state index contributed by atoms with van der Waals surface area (Å²) in [4.78, 5) is 29.7. The Bertz CT molecular complexity index is 1280. The second-order valence-corrected chi connectivity index (χ2v) is 7.17. The molecular formula is C24H24N8O3. The van der Waals surface area contributed by atoms with Crippen LogP contribution < -0.4 is 11.2 Å². The van der Waals surface area contributed by atoms with Crippen LogP contribution in [0, 0.1) is 11.3 Å². The van der Waals surface area contributed by atoms with Crippen molar-refractivity contribution < 1.29 is 14.3 Å². The number of aliphatic imine (C=N–C) groups is 1. The lowest BCUT2D eigenvalue weighted by molar-refractivity contribution is -0.119. The number of amides is 1. The molecule has 0 aliphatic rings. The molecule has 178 valence electrons. The number of hydrogen-bond acceptors (Lipinski definition) is 10. The van der Waals surface area contributed by atoms with Crippen LogP contribution in [0.1, 0.15) is 22.6 Å². The van der Waals surface area contributed by atoms with Gasteiger partial charge in [-0.2, -0.15) is 10.4 Å². The number of nitrogens with one attached hydrogen (secondary N) is 1. The second-order valence-electron chi connectivity index (χ2n) is 7.17. The van der Waals surface area contributed by atoms with Crippen molar-refractivity contribution in [3.63, 3.8) is 0 Å². The summed E-state index contributed by atoms with van der Waals surface area (Å²) in [6, 6.07) is 16.2. The highest BCUT2D eigenvalue weighted by Crippen LogP contribution is 2.21. The number of nitrogens with zero attached hydrogens (tertiary/aromatic N) is 6. The summed E-state index contributed by atoms with van der Waals surface area (Å²) in [7, 11) is 3.01. The van der Waals surface area contributed by atoms with E-state index in [1.165, 1.54) is 13.3 Å². The Kier molecular flexibility index (Phi) is 9.07. The van der Waals surface area contributed by atoms with Gasteiger partial charge in [-0.25, -0.2) is 9.97 Å². The fraction of sp³-hybridized carbons (Fsp3) is 0.208. The van der Waals surface area contributed by atoms with Gasteiger partial charge in [-0.05, 0) is 30.3 Å². The zero-order chi connectivity index (χ0) is 25.0. The number of anilines is 1. The third kappa shape index (κ3) is 7.23. The molecule has 35 heavy (non-hydrogen) atoms. The fourth-order valence-electron chi connectivity index (χ4n) is 3.06. The normalized spacial score (nSPS) is 11.4. The molecule has 11 nitrogen and oxygen atoms in total. The van der Waals surface area contributed by atoms with Crippen molar-refractivity contribution in [1.82, 2.24) is 15.0 Å². The number of hydrazone groups is 1. The first-order chi connectivity index (χ1) is 17.1. The predicted octanol–water partition coefficient (Wildman–Crippen LogP) is 2.08. The summed E-state index contributed by atoms with van der Waals surface area (Å²) in [5.41, 5.74) is 3.72. The van der Waals surface area contributed by atoms with E-state index < -0.39 is 5.91 Å². The van der Waals surface area contributed by atoms with E-state index >= 15 is 0 Å². The van der Waals surface area contributed by atoms with Gasteiger partial charge in [0.2, 0.25) is 5.95 Å². The van der Waals surface area contributed by atoms with Gasteiger partial charge in [0.25, 0.3) is 5.91 Å². The number of nitrogens with two attached hydrogens (primary N) is 1. The highest BCUT2D eigenvalue weighted by molar-refractivity contribution is 6.37. The lowest BCUT2D eigenvalue weighted by Gasteiger charge is -2.09. The van der Waals surface area contributed by atoms with Gasteiger partial charge in [0.05, 0.1) is 53.8 Å². The second kappa shape index (κ2) is 12.6. The number of rotatable bonds is 10. The van der Waals surface area contributed by atoms with E-state index in [0.29, 0.717) is 29.1 Å². The van der Waals surface area contributed by atoms with Crippen molar-refractivity contribution in [1.29, 1.82) is 5.26 Å². The monoisotopic (exact) mass is 472 g/mol. The van der Waals surface area contributed by atoms with Crippen LogP contribution in [0.15, 0.2) is 58.6 Å². The molecule has 0 radical (unpaired) electrons. The van der Waals surface area contributed by atoms with Crippen LogP contribution in [0.5, 0.6) is 0 Å². The number of hydrogen-bond donors (Lipinski definition) is 2. The van der Waals surface area contributed by atoms with Crippen molar-refractivity contribution in [2.24, 2.45) is 15.9 Å². The molecule has 3 aromatic rings. The number of carbonyl (C=O) groups excluding carboxylic acids is 1. The number of pyridine rings is 1. The first-order valence-corrected chi connectivity index (χ1v) is 10.5. The van der Waals surface area contributed by atoms with Gasteiger partial charge >= 0.3 is 0 Å². The summed E-state index contributed by atoms with van der Waals surface area (Å²) in [5.74, 6) is 5.24. The van der Waals surface area contributed by atoms with Crippen LogP contribution in [0.2, 0.25) is 0 Å². The lowest BCUT2D eigenvalue weighted by Crippen LogP contribution is -2.20. The summed E-state index contributed by atoms with van der Waals surface area (Å²) in [6.45, 7) is 0.527. The molecule has 0 aliphatic heterocycles. The average molecular weight is 473 g/mol. The average Bonchev–Trinajstić information content (AvgIpc) is 2.87. The third-order valence-electron chi connectivity index (χ3n) is 4.57. The van der Waals surface area contributed by atoms with Gasteiger partial charge in [-0.1, -0.05) is 18.2 Å². The predicted molar refractivity (Wildman–Crippen MR) is 131 cm³/mol. The van der Waals surface area contributed by atoms with Crippen molar-refractivity contribution >= 4 is 23.8 Å². The number of carbonyl (C=O) groups is 1. The zero-order valence-electron chi connectivity index (χ0n) is 19.3.